The van der Waals surface area contributed by atoms with Crippen LogP contribution < -0.4 is 5.32 Å². The van der Waals surface area contributed by atoms with E-state index < -0.39 is 0 Å². The zero-order valence-electron chi connectivity index (χ0n) is 15.1. The summed E-state index contributed by atoms with van der Waals surface area (Å²) in [7, 11) is 0. The van der Waals surface area contributed by atoms with Gasteiger partial charge in [-0.1, -0.05) is 24.1 Å². The molecule has 1 aliphatic carbocycles. The number of hydrogen-bond acceptors (Lipinski definition) is 3. The SMILES string of the molecule is O=C(NCCN1CCCCC1)C1CCc2cc3ccc(Cl)cc3nc2C1. The number of nitrogens with zero attached hydrogens (tertiary/aromatic N) is 2. The molecule has 1 unspecified atom stereocenters. The number of carbonyl (C=O) groups is 1. The van der Waals surface area contributed by atoms with E-state index in [4.69, 9.17) is 16.6 Å². The lowest BCUT2D eigenvalue weighted by Crippen LogP contribution is -2.40. The largest absolute Gasteiger partial charge is 0.355 e. The van der Waals surface area contributed by atoms with Gasteiger partial charge in [0.2, 0.25) is 5.91 Å². The van der Waals surface area contributed by atoms with Crippen LogP contribution in [0, 0.1) is 5.92 Å². The van der Waals surface area contributed by atoms with Gasteiger partial charge in [-0.25, -0.2) is 0 Å². The molecule has 1 N–H and O–H groups in total. The van der Waals surface area contributed by atoms with Crippen LogP contribution in [0.25, 0.3) is 10.9 Å². The summed E-state index contributed by atoms with van der Waals surface area (Å²) in [5.74, 6) is 0.216. The van der Waals surface area contributed by atoms with Crippen LogP contribution in [0.3, 0.4) is 0 Å². The van der Waals surface area contributed by atoms with Crippen LogP contribution in [0.2, 0.25) is 5.02 Å². The van der Waals surface area contributed by atoms with E-state index in [0.29, 0.717) is 5.02 Å². The number of amides is 1. The molecule has 0 bridgehead atoms. The number of benzene rings is 1. The highest BCUT2D eigenvalue weighted by atomic mass is 35.5. The standard InChI is InChI=1S/C21H26ClN3O/c22-18-7-6-16-12-15-4-5-17(13-19(15)24-20(16)14-18)21(26)23-8-11-25-9-2-1-3-10-25/h6-7,12,14,17H,1-5,8-11,13H2,(H,23,26). The molecule has 26 heavy (non-hydrogen) atoms. The van der Waals surface area contributed by atoms with E-state index in [0.717, 1.165) is 48.9 Å². The molecule has 0 saturated carbocycles. The maximum Gasteiger partial charge on any atom is 0.223 e. The Morgan fingerprint density at radius 2 is 2.08 bits per heavy atom. The normalized spacial score (nSPS) is 20.7. The number of aryl methyl sites for hydroxylation is 1. The first-order chi connectivity index (χ1) is 12.7. The number of pyridine rings is 1. The van der Waals surface area contributed by atoms with Crippen molar-refractivity contribution in [1.82, 2.24) is 15.2 Å². The molecule has 4 rings (SSSR count). The van der Waals surface area contributed by atoms with Gasteiger partial charge >= 0.3 is 0 Å². The van der Waals surface area contributed by atoms with Gasteiger partial charge in [0.25, 0.3) is 0 Å². The molecule has 1 aromatic carbocycles. The van der Waals surface area contributed by atoms with Crippen molar-refractivity contribution < 1.29 is 4.79 Å². The molecule has 2 aliphatic rings. The van der Waals surface area contributed by atoms with Crippen LogP contribution in [0.15, 0.2) is 24.3 Å². The molecule has 1 amide bonds. The first-order valence-corrected chi connectivity index (χ1v) is 10.1. The lowest BCUT2D eigenvalue weighted by atomic mass is 9.85. The first kappa shape index (κ1) is 17.7. The summed E-state index contributed by atoms with van der Waals surface area (Å²) in [6.07, 6.45) is 6.48. The summed E-state index contributed by atoms with van der Waals surface area (Å²) in [6.45, 7) is 4.07. The molecule has 2 aromatic rings. The first-order valence-electron chi connectivity index (χ1n) is 9.77. The number of piperidine rings is 1. The van der Waals surface area contributed by atoms with Crippen LogP contribution in [0.4, 0.5) is 0 Å². The molecule has 138 valence electrons. The van der Waals surface area contributed by atoms with E-state index in [-0.39, 0.29) is 11.8 Å². The van der Waals surface area contributed by atoms with E-state index in [1.807, 2.05) is 18.2 Å². The minimum atomic E-state index is 0.0352. The second-order valence-corrected chi connectivity index (χ2v) is 8.00. The predicted molar refractivity (Wildman–Crippen MR) is 106 cm³/mol. The Balaban J connectivity index is 1.36. The van der Waals surface area contributed by atoms with Crippen molar-refractivity contribution in [2.45, 2.75) is 38.5 Å². The molecule has 0 radical (unpaired) electrons. The minimum absolute atomic E-state index is 0.0352. The zero-order valence-corrected chi connectivity index (χ0v) is 15.9. The van der Waals surface area contributed by atoms with Crippen LogP contribution in [-0.2, 0) is 17.6 Å². The highest BCUT2D eigenvalue weighted by Gasteiger charge is 2.26. The summed E-state index contributed by atoms with van der Waals surface area (Å²) in [5.41, 5.74) is 3.25. The quantitative estimate of drug-likeness (QED) is 0.893. The summed E-state index contributed by atoms with van der Waals surface area (Å²) in [6, 6.07) is 8.03. The summed E-state index contributed by atoms with van der Waals surface area (Å²) >= 11 is 6.09. The van der Waals surface area contributed by atoms with Crippen LogP contribution in [-0.4, -0.2) is 42.0 Å². The average molecular weight is 372 g/mol. The van der Waals surface area contributed by atoms with Gasteiger partial charge in [0.1, 0.15) is 0 Å². The van der Waals surface area contributed by atoms with Gasteiger partial charge in [0.05, 0.1) is 5.52 Å². The highest BCUT2D eigenvalue weighted by Crippen LogP contribution is 2.28. The summed E-state index contributed by atoms with van der Waals surface area (Å²) < 4.78 is 0. The van der Waals surface area contributed by atoms with Gasteiger partial charge < -0.3 is 10.2 Å². The Morgan fingerprint density at radius 3 is 2.92 bits per heavy atom. The van der Waals surface area contributed by atoms with Gasteiger partial charge in [-0.2, -0.15) is 0 Å². The number of carbonyl (C=O) groups excluding carboxylic acids is 1. The van der Waals surface area contributed by atoms with Crippen molar-refractivity contribution in [1.29, 1.82) is 0 Å². The second kappa shape index (κ2) is 7.93. The summed E-state index contributed by atoms with van der Waals surface area (Å²) in [5, 5.41) is 4.97. The van der Waals surface area contributed by atoms with Gasteiger partial charge in [0, 0.05) is 41.5 Å². The third-order valence-corrected chi connectivity index (χ3v) is 5.93. The Bertz CT molecular complexity index is 801. The molecule has 5 heteroatoms. The molecule has 1 atom stereocenters. The fourth-order valence-corrected chi connectivity index (χ4v) is 4.34. The number of likely N-dealkylation sites (tertiary alicyclic amines) is 1. The van der Waals surface area contributed by atoms with Gasteiger partial charge in [-0.05, 0) is 62.5 Å². The molecular formula is C21H26ClN3O. The Morgan fingerprint density at radius 1 is 1.23 bits per heavy atom. The monoisotopic (exact) mass is 371 g/mol. The van der Waals surface area contributed by atoms with Crippen molar-refractivity contribution in [3.63, 3.8) is 0 Å². The third-order valence-electron chi connectivity index (χ3n) is 5.70. The Hall–Kier alpha value is -1.65. The average Bonchev–Trinajstić information content (AvgIpc) is 2.66. The van der Waals surface area contributed by atoms with Crippen molar-refractivity contribution >= 4 is 28.4 Å². The third kappa shape index (κ3) is 4.02. The maximum absolute atomic E-state index is 12.6. The van der Waals surface area contributed by atoms with E-state index in [1.54, 1.807) is 0 Å². The maximum atomic E-state index is 12.6. The number of hydrogen-bond donors (Lipinski definition) is 1. The lowest BCUT2D eigenvalue weighted by Gasteiger charge is -2.27. The van der Waals surface area contributed by atoms with Gasteiger partial charge in [-0.15, -0.1) is 0 Å². The van der Waals surface area contributed by atoms with E-state index in [1.165, 1.54) is 37.9 Å². The molecule has 0 spiro atoms. The Kier molecular flexibility index (Phi) is 5.41. The van der Waals surface area contributed by atoms with Gasteiger partial charge in [0.15, 0.2) is 0 Å². The minimum Gasteiger partial charge on any atom is -0.355 e. The fourth-order valence-electron chi connectivity index (χ4n) is 4.17. The van der Waals surface area contributed by atoms with Crippen LogP contribution >= 0.6 is 11.6 Å². The van der Waals surface area contributed by atoms with Gasteiger partial charge in [-0.3, -0.25) is 9.78 Å². The molecule has 4 nitrogen and oxygen atoms in total. The predicted octanol–water partition coefficient (Wildman–Crippen LogP) is 3.60. The highest BCUT2D eigenvalue weighted by molar-refractivity contribution is 6.31. The molecule has 1 fully saturated rings. The smallest absolute Gasteiger partial charge is 0.223 e. The fraction of sp³-hybridized carbons (Fsp3) is 0.524. The Labute approximate surface area is 159 Å². The number of rotatable bonds is 4. The van der Waals surface area contributed by atoms with E-state index in [2.05, 4.69) is 16.3 Å². The molecule has 1 aliphatic heterocycles. The van der Waals surface area contributed by atoms with E-state index >= 15 is 0 Å². The van der Waals surface area contributed by atoms with Crippen molar-refractivity contribution in [2.75, 3.05) is 26.2 Å². The zero-order chi connectivity index (χ0) is 17.9. The van der Waals surface area contributed by atoms with Crippen LogP contribution in [0.5, 0.6) is 0 Å². The number of nitrogens with one attached hydrogen (secondary N) is 1. The number of aromatic nitrogens is 1. The molecule has 1 saturated heterocycles. The van der Waals surface area contributed by atoms with Crippen molar-refractivity contribution in [3.05, 3.63) is 40.5 Å². The van der Waals surface area contributed by atoms with Crippen LogP contribution in [0.1, 0.15) is 36.9 Å². The number of fused-ring (bicyclic) bond motifs is 2. The van der Waals surface area contributed by atoms with Crippen molar-refractivity contribution in [2.24, 2.45) is 5.92 Å². The molecule has 2 heterocycles. The second-order valence-electron chi connectivity index (χ2n) is 7.56. The lowest BCUT2D eigenvalue weighted by molar-refractivity contribution is -0.125. The number of halogens is 1. The van der Waals surface area contributed by atoms with E-state index in [9.17, 15) is 4.79 Å². The molecule has 1 aromatic heterocycles. The topological polar surface area (TPSA) is 45.2 Å². The summed E-state index contributed by atoms with van der Waals surface area (Å²) in [4.78, 5) is 19.8. The van der Waals surface area contributed by atoms with Crippen molar-refractivity contribution in [3.8, 4) is 0 Å². The molecular weight excluding hydrogens is 346 g/mol.